The van der Waals surface area contributed by atoms with Crippen LogP contribution in [-0.4, -0.2) is 35.4 Å². The first kappa shape index (κ1) is 17.2. The Morgan fingerprint density at radius 3 is 2.67 bits per heavy atom. The van der Waals surface area contributed by atoms with E-state index in [4.69, 9.17) is 9.47 Å². The van der Waals surface area contributed by atoms with Gasteiger partial charge in [0, 0.05) is 23.3 Å². The molecule has 5 heteroatoms. The highest BCUT2D eigenvalue weighted by Crippen LogP contribution is 2.57. The quantitative estimate of drug-likeness (QED) is 0.477. The van der Waals surface area contributed by atoms with Crippen LogP contribution in [0.4, 0.5) is 0 Å². The number of aliphatic hydroxyl groups is 1. The molecule has 1 aliphatic heterocycles. The van der Waals surface area contributed by atoms with Gasteiger partial charge in [-0.2, -0.15) is 0 Å². The van der Waals surface area contributed by atoms with Crippen molar-refractivity contribution in [3.63, 3.8) is 0 Å². The van der Waals surface area contributed by atoms with Crippen LogP contribution in [0.1, 0.15) is 40.0 Å². The molecule has 6 unspecified atom stereocenters. The van der Waals surface area contributed by atoms with Crippen molar-refractivity contribution < 1.29 is 24.2 Å². The first-order valence-electron chi connectivity index (χ1n) is 8.62. The van der Waals surface area contributed by atoms with Crippen LogP contribution in [0.2, 0.25) is 0 Å². The number of hydrogen-bond donors (Lipinski definition) is 1. The maximum atomic E-state index is 12.0. The Kier molecular flexibility index (Phi) is 4.11. The average molecular weight is 334 g/mol. The van der Waals surface area contributed by atoms with Gasteiger partial charge in [-0.3, -0.25) is 4.79 Å². The zero-order valence-electron chi connectivity index (χ0n) is 14.6. The maximum absolute atomic E-state index is 12.0. The molecule has 132 valence electrons. The predicted molar refractivity (Wildman–Crippen MR) is 87.8 cm³/mol. The van der Waals surface area contributed by atoms with Gasteiger partial charge >= 0.3 is 11.9 Å². The largest absolute Gasteiger partial charge is 0.458 e. The molecule has 6 atom stereocenters. The highest BCUT2D eigenvalue weighted by molar-refractivity contribution is 5.90. The van der Waals surface area contributed by atoms with Gasteiger partial charge in [0.1, 0.15) is 12.2 Å². The Labute approximate surface area is 142 Å². The summed E-state index contributed by atoms with van der Waals surface area (Å²) in [6, 6.07) is 0. The van der Waals surface area contributed by atoms with Gasteiger partial charge in [0.15, 0.2) is 0 Å². The van der Waals surface area contributed by atoms with Crippen LogP contribution in [0.3, 0.4) is 0 Å². The summed E-state index contributed by atoms with van der Waals surface area (Å²) in [5.74, 6) is -0.915. The van der Waals surface area contributed by atoms with Gasteiger partial charge in [-0.05, 0) is 24.3 Å². The van der Waals surface area contributed by atoms with Gasteiger partial charge in [0.2, 0.25) is 0 Å². The second kappa shape index (κ2) is 5.73. The monoisotopic (exact) mass is 334 g/mol. The molecule has 3 rings (SSSR count). The van der Waals surface area contributed by atoms with E-state index in [1.165, 1.54) is 0 Å². The van der Waals surface area contributed by atoms with E-state index in [1.807, 2.05) is 6.92 Å². The number of fused-ring (bicyclic) bond motifs is 2. The number of esters is 2. The van der Waals surface area contributed by atoms with E-state index in [9.17, 15) is 14.7 Å². The topological polar surface area (TPSA) is 72.8 Å². The van der Waals surface area contributed by atoms with Crippen LogP contribution >= 0.6 is 0 Å². The van der Waals surface area contributed by atoms with Crippen molar-refractivity contribution in [3.05, 3.63) is 24.3 Å². The SMILES string of the molecule is C=C1C(=O)OC2CC3(C)C(O)CC(OC(=O)C(C)C)C(=C)C3CC12. The second-order valence-electron chi connectivity index (χ2n) is 7.98. The molecular weight excluding hydrogens is 308 g/mol. The summed E-state index contributed by atoms with van der Waals surface area (Å²) < 4.78 is 11.0. The van der Waals surface area contributed by atoms with E-state index >= 15 is 0 Å². The predicted octanol–water partition coefficient (Wildman–Crippen LogP) is 2.39. The summed E-state index contributed by atoms with van der Waals surface area (Å²) in [6.45, 7) is 13.6. The van der Waals surface area contributed by atoms with Crippen molar-refractivity contribution in [1.29, 1.82) is 0 Å². The van der Waals surface area contributed by atoms with Crippen molar-refractivity contribution in [1.82, 2.24) is 0 Å². The van der Waals surface area contributed by atoms with E-state index in [1.54, 1.807) is 13.8 Å². The molecular formula is C19H26O5. The first-order valence-corrected chi connectivity index (χ1v) is 8.62. The maximum Gasteiger partial charge on any atom is 0.334 e. The van der Waals surface area contributed by atoms with E-state index in [0.717, 1.165) is 5.57 Å². The molecule has 5 nitrogen and oxygen atoms in total. The van der Waals surface area contributed by atoms with Gasteiger partial charge < -0.3 is 14.6 Å². The second-order valence-corrected chi connectivity index (χ2v) is 7.98. The van der Waals surface area contributed by atoms with Crippen LogP contribution in [0.5, 0.6) is 0 Å². The van der Waals surface area contributed by atoms with Crippen LogP contribution in [0.25, 0.3) is 0 Å². The van der Waals surface area contributed by atoms with Crippen LogP contribution in [-0.2, 0) is 19.1 Å². The van der Waals surface area contributed by atoms with Crippen molar-refractivity contribution in [3.8, 4) is 0 Å². The molecule has 0 aromatic carbocycles. The first-order chi connectivity index (χ1) is 11.1. The summed E-state index contributed by atoms with van der Waals surface area (Å²) in [5, 5.41) is 10.8. The van der Waals surface area contributed by atoms with Gasteiger partial charge in [-0.1, -0.05) is 33.9 Å². The normalized spacial score (nSPS) is 41.7. The molecule has 3 aliphatic rings. The lowest BCUT2D eigenvalue weighted by atomic mass is 9.54. The molecule has 1 saturated heterocycles. The molecule has 1 heterocycles. The molecule has 0 aromatic rings. The lowest BCUT2D eigenvalue weighted by Crippen LogP contribution is -2.54. The smallest absolute Gasteiger partial charge is 0.334 e. The summed E-state index contributed by atoms with van der Waals surface area (Å²) in [7, 11) is 0. The summed E-state index contributed by atoms with van der Waals surface area (Å²) in [6.07, 6.45) is 0.247. The molecule has 0 spiro atoms. The molecule has 2 aliphatic carbocycles. The van der Waals surface area contributed by atoms with Crippen molar-refractivity contribution >= 4 is 11.9 Å². The molecule has 0 bridgehead atoms. The van der Waals surface area contributed by atoms with E-state index in [0.29, 0.717) is 24.8 Å². The van der Waals surface area contributed by atoms with Crippen LogP contribution < -0.4 is 0 Å². The van der Waals surface area contributed by atoms with Crippen LogP contribution in [0.15, 0.2) is 24.3 Å². The van der Waals surface area contributed by atoms with E-state index < -0.39 is 17.6 Å². The number of rotatable bonds is 2. The van der Waals surface area contributed by atoms with Crippen molar-refractivity contribution in [2.24, 2.45) is 23.2 Å². The van der Waals surface area contributed by atoms with E-state index in [-0.39, 0.29) is 35.8 Å². The summed E-state index contributed by atoms with van der Waals surface area (Å²) in [5.41, 5.74) is 0.914. The Bertz CT molecular complexity index is 607. The molecule has 3 fully saturated rings. The fraction of sp³-hybridized carbons (Fsp3) is 0.684. The highest BCUT2D eigenvalue weighted by Gasteiger charge is 2.58. The zero-order valence-corrected chi connectivity index (χ0v) is 14.6. The minimum atomic E-state index is -0.633. The molecule has 24 heavy (non-hydrogen) atoms. The van der Waals surface area contributed by atoms with E-state index in [2.05, 4.69) is 13.2 Å². The van der Waals surface area contributed by atoms with Gasteiger partial charge in [0.05, 0.1) is 12.0 Å². The third-order valence-electron chi connectivity index (χ3n) is 6.13. The Morgan fingerprint density at radius 2 is 2.04 bits per heavy atom. The Balaban J connectivity index is 1.84. The van der Waals surface area contributed by atoms with Crippen molar-refractivity contribution in [2.45, 2.75) is 58.3 Å². The zero-order chi connectivity index (χ0) is 17.8. The van der Waals surface area contributed by atoms with Gasteiger partial charge in [-0.25, -0.2) is 4.79 Å². The lowest BCUT2D eigenvalue weighted by molar-refractivity contribution is -0.163. The number of carbonyl (C=O) groups excluding carboxylic acids is 2. The summed E-state index contributed by atoms with van der Waals surface area (Å²) in [4.78, 5) is 23.8. The third kappa shape index (κ3) is 2.50. The number of carbonyl (C=O) groups is 2. The van der Waals surface area contributed by atoms with Gasteiger partial charge in [-0.15, -0.1) is 0 Å². The molecule has 2 saturated carbocycles. The Morgan fingerprint density at radius 1 is 1.38 bits per heavy atom. The van der Waals surface area contributed by atoms with Crippen LogP contribution in [0, 0.1) is 23.2 Å². The minimum Gasteiger partial charge on any atom is -0.458 e. The van der Waals surface area contributed by atoms with Crippen molar-refractivity contribution in [2.75, 3.05) is 0 Å². The lowest BCUT2D eigenvalue weighted by Gasteiger charge is -2.53. The minimum absolute atomic E-state index is 0.0290. The molecule has 0 amide bonds. The Hall–Kier alpha value is -1.62. The molecule has 0 aromatic heterocycles. The molecule has 1 N–H and O–H groups in total. The standard InChI is InChI=1S/C19H26O5/c1-9(2)17(21)23-14-7-16(20)19(5)8-15-12(6-13(19)11(14)4)10(3)18(22)24-15/h9,12-16,20H,3-4,6-8H2,1-2,5H3. The van der Waals surface area contributed by atoms with Gasteiger partial charge in [0.25, 0.3) is 0 Å². The number of aliphatic hydroxyl groups excluding tert-OH is 1. The molecule has 0 radical (unpaired) electrons. The fourth-order valence-corrected chi connectivity index (χ4v) is 4.44. The average Bonchev–Trinajstić information content (AvgIpc) is 2.77. The summed E-state index contributed by atoms with van der Waals surface area (Å²) >= 11 is 0. The third-order valence-corrected chi connectivity index (χ3v) is 6.13. The number of ether oxygens (including phenoxy) is 2. The fourth-order valence-electron chi connectivity index (χ4n) is 4.44. The number of hydrogen-bond acceptors (Lipinski definition) is 5. The highest BCUT2D eigenvalue weighted by atomic mass is 16.6.